The fourth-order valence-electron chi connectivity index (χ4n) is 3.97. The highest BCUT2D eigenvalue weighted by Crippen LogP contribution is 2.38. The molecule has 1 aromatic heterocycles. The second kappa shape index (κ2) is 8.88. The van der Waals surface area contributed by atoms with Crippen LogP contribution in [0.25, 0.3) is 11.3 Å². The van der Waals surface area contributed by atoms with Gasteiger partial charge in [-0.2, -0.15) is 0 Å². The van der Waals surface area contributed by atoms with Gasteiger partial charge in [0.2, 0.25) is 5.95 Å². The molecule has 0 saturated carbocycles. The Balaban J connectivity index is 1.63. The number of nitrogens with one attached hydrogen (secondary N) is 1. The summed E-state index contributed by atoms with van der Waals surface area (Å²) in [6.07, 6.45) is 1.61. The van der Waals surface area contributed by atoms with Gasteiger partial charge in [0.1, 0.15) is 11.6 Å². The summed E-state index contributed by atoms with van der Waals surface area (Å²) in [5, 5.41) is 12.5. The second-order valence-corrected chi connectivity index (χ2v) is 8.38. The number of carboxylic acid groups (broad SMARTS) is 1. The van der Waals surface area contributed by atoms with Gasteiger partial charge in [0, 0.05) is 33.6 Å². The van der Waals surface area contributed by atoms with Crippen molar-refractivity contribution < 1.29 is 18.7 Å². The first kappa shape index (κ1) is 22.6. The van der Waals surface area contributed by atoms with Crippen LogP contribution in [0.15, 0.2) is 71.9 Å². The summed E-state index contributed by atoms with van der Waals surface area (Å²) < 4.78 is 29.5. The molecule has 2 N–H and O–H groups in total. The van der Waals surface area contributed by atoms with Crippen LogP contribution in [0, 0.1) is 11.6 Å². The van der Waals surface area contributed by atoms with Crippen molar-refractivity contribution in [1.82, 2.24) is 9.97 Å². The molecular weight excluding hydrogens is 474 g/mol. The number of benzene rings is 3. The minimum absolute atomic E-state index is 0.141. The number of rotatable bonds is 4. The minimum Gasteiger partial charge on any atom is -0.478 e. The van der Waals surface area contributed by atoms with E-state index in [0.29, 0.717) is 33.1 Å². The maximum absolute atomic E-state index is 14.8. The van der Waals surface area contributed by atoms with Crippen molar-refractivity contribution in [2.24, 2.45) is 4.99 Å². The van der Waals surface area contributed by atoms with Gasteiger partial charge in [-0.25, -0.2) is 23.5 Å². The first-order valence-electron chi connectivity index (χ1n) is 10.6. The van der Waals surface area contributed by atoms with Gasteiger partial charge in [-0.15, -0.1) is 0 Å². The van der Waals surface area contributed by atoms with Gasteiger partial charge in [0.15, 0.2) is 0 Å². The average molecular weight is 491 g/mol. The standard InChI is InChI=1S/C26H17ClF2N4O2/c1-13-19-12-30-26(32-16-8-5-14(6-9-16)25(34)35)33-23(19)17-10-7-15(27)11-18(17)24(31-13)22-20(28)3-2-4-21(22)29/h2-13H,1H3,(H,34,35)(H,30,32,33). The van der Waals surface area contributed by atoms with Crippen LogP contribution in [0.3, 0.4) is 0 Å². The number of hydrogen-bond acceptors (Lipinski definition) is 5. The summed E-state index contributed by atoms with van der Waals surface area (Å²) in [4.78, 5) is 24.8. The van der Waals surface area contributed by atoms with Crippen LogP contribution in [0.4, 0.5) is 20.4 Å². The molecule has 0 spiro atoms. The molecule has 35 heavy (non-hydrogen) atoms. The molecular formula is C26H17ClF2N4O2. The predicted octanol–water partition coefficient (Wildman–Crippen LogP) is 6.43. The third kappa shape index (κ3) is 4.24. The van der Waals surface area contributed by atoms with E-state index >= 15 is 0 Å². The van der Waals surface area contributed by atoms with Gasteiger partial charge in [-0.3, -0.25) is 4.99 Å². The lowest BCUT2D eigenvalue weighted by Gasteiger charge is -2.13. The minimum atomic E-state index is -1.02. The number of halogens is 3. The zero-order valence-corrected chi connectivity index (χ0v) is 19.0. The molecule has 3 aromatic carbocycles. The molecule has 2 heterocycles. The number of carboxylic acids is 1. The maximum atomic E-state index is 14.8. The molecule has 1 aliphatic rings. The van der Waals surface area contributed by atoms with Crippen LogP contribution in [0.5, 0.6) is 0 Å². The normalized spacial score (nSPS) is 14.4. The topological polar surface area (TPSA) is 87.5 Å². The van der Waals surface area contributed by atoms with Gasteiger partial charge in [0.05, 0.1) is 28.6 Å². The van der Waals surface area contributed by atoms with Gasteiger partial charge < -0.3 is 10.4 Å². The molecule has 0 aliphatic carbocycles. The maximum Gasteiger partial charge on any atom is 0.335 e. The predicted molar refractivity (Wildman–Crippen MR) is 130 cm³/mol. The Labute approximate surface area is 204 Å². The second-order valence-electron chi connectivity index (χ2n) is 7.95. The van der Waals surface area contributed by atoms with E-state index < -0.39 is 23.6 Å². The highest BCUT2D eigenvalue weighted by molar-refractivity contribution is 6.31. The highest BCUT2D eigenvalue weighted by Gasteiger charge is 2.28. The Kier molecular flexibility index (Phi) is 5.74. The van der Waals surface area contributed by atoms with Crippen LogP contribution in [-0.2, 0) is 0 Å². The Morgan fingerprint density at radius 1 is 1.03 bits per heavy atom. The fraction of sp³-hybridized carbons (Fsp3) is 0.0769. The first-order chi connectivity index (χ1) is 16.8. The lowest BCUT2D eigenvalue weighted by molar-refractivity contribution is 0.0697. The highest BCUT2D eigenvalue weighted by atomic mass is 35.5. The number of hydrogen-bond donors (Lipinski definition) is 2. The summed E-state index contributed by atoms with van der Waals surface area (Å²) >= 11 is 6.27. The monoisotopic (exact) mass is 490 g/mol. The van der Waals surface area contributed by atoms with Crippen molar-refractivity contribution in [2.45, 2.75) is 13.0 Å². The molecule has 0 saturated heterocycles. The molecule has 1 unspecified atom stereocenters. The molecule has 174 valence electrons. The van der Waals surface area contributed by atoms with E-state index in [1.165, 1.54) is 30.3 Å². The number of aromatic carboxylic acids is 1. The molecule has 9 heteroatoms. The molecule has 5 rings (SSSR count). The Morgan fingerprint density at radius 2 is 1.74 bits per heavy atom. The van der Waals surface area contributed by atoms with E-state index in [0.717, 1.165) is 0 Å². The van der Waals surface area contributed by atoms with Gasteiger partial charge >= 0.3 is 5.97 Å². The number of aromatic nitrogens is 2. The zero-order chi connectivity index (χ0) is 24.7. The van der Waals surface area contributed by atoms with E-state index in [-0.39, 0.29) is 22.8 Å². The van der Waals surface area contributed by atoms with Crippen LogP contribution in [-0.4, -0.2) is 26.8 Å². The van der Waals surface area contributed by atoms with Crippen molar-refractivity contribution in [3.8, 4) is 11.3 Å². The average Bonchev–Trinajstić information content (AvgIpc) is 2.94. The number of nitrogens with zero attached hydrogens (tertiary/aromatic N) is 3. The quantitative estimate of drug-likeness (QED) is 0.344. The summed E-state index contributed by atoms with van der Waals surface area (Å²) in [6.45, 7) is 1.80. The van der Waals surface area contributed by atoms with E-state index in [9.17, 15) is 13.6 Å². The number of aliphatic imine (C=N–C) groups is 1. The number of fused-ring (bicyclic) bond motifs is 3. The van der Waals surface area contributed by atoms with Gasteiger partial charge in [-0.05, 0) is 55.5 Å². The van der Waals surface area contributed by atoms with Gasteiger partial charge in [0.25, 0.3) is 0 Å². The van der Waals surface area contributed by atoms with Crippen molar-refractivity contribution in [1.29, 1.82) is 0 Å². The lowest BCUT2D eigenvalue weighted by atomic mass is 9.94. The van der Waals surface area contributed by atoms with Crippen molar-refractivity contribution in [3.05, 3.63) is 106 Å². The summed E-state index contributed by atoms with van der Waals surface area (Å²) in [5.41, 5.74) is 2.92. The molecule has 6 nitrogen and oxygen atoms in total. The fourth-order valence-corrected chi connectivity index (χ4v) is 4.15. The number of carbonyl (C=O) groups is 1. The smallest absolute Gasteiger partial charge is 0.335 e. The molecule has 0 radical (unpaired) electrons. The van der Waals surface area contributed by atoms with Crippen molar-refractivity contribution in [3.63, 3.8) is 0 Å². The van der Waals surface area contributed by atoms with E-state index in [2.05, 4.69) is 20.3 Å². The van der Waals surface area contributed by atoms with Crippen LogP contribution in [0.2, 0.25) is 5.02 Å². The lowest BCUT2D eigenvalue weighted by Crippen LogP contribution is -2.10. The Bertz CT molecular complexity index is 1490. The SMILES string of the molecule is CC1N=C(c2c(F)cccc2F)c2cc(Cl)ccc2-c2nc(Nc3ccc(C(=O)O)cc3)ncc21. The summed E-state index contributed by atoms with van der Waals surface area (Å²) in [5.74, 6) is -2.22. The van der Waals surface area contributed by atoms with E-state index in [4.69, 9.17) is 16.7 Å². The summed E-state index contributed by atoms with van der Waals surface area (Å²) in [6, 6.07) is 14.3. The molecule has 0 amide bonds. The zero-order valence-electron chi connectivity index (χ0n) is 18.3. The first-order valence-corrected chi connectivity index (χ1v) is 11.0. The van der Waals surface area contributed by atoms with Crippen LogP contribution in [0.1, 0.15) is 40.0 Å². The molecule has 1 aliphatic heterocycles. The largest absolute Gasteiger partial charge is 0.478 e. The third-order valence-corrected chi connectivity index (χ3v) is 5.90. The molecule has 0 fully saturated rings. The third-order valence-electron chi connectivity index (χ3n) is 5.67. The van der Waals surface area contributed by atoms with Crippen molar-refractivity contribution in [2.75, 3.05) is 5.32 Å². The van der Waals surface area contributed by atoms with Crippen molar-refractivity contribution >= 4 is 34.9 Å². The van der Waals surface area contributed by atoms with E-state index in [1.54, 1.807) is 43.5 Å². The summed E-state index contributed by atoms with van der Waals surface area (Å²) in [7, 11) is 0. The van der Waals surface area contributed by atoms with E-state index in [1.807, 2.05) is 0 Å². The van der Waals surface area contributed by atoms with Crippen LogP contribution < -0.4 is 5.32 Å². The molecule has 1 atom stereocenters. The Hall–Kier alpha value is -4.17. The van der Waals surface area contributed by atoms with Gasteiger partial charge in [-0.1, -0.05) is 23.7 Å². The Morgan fingerprint density at radius 3 is 2.43 bits per heavy atom. The molecule has 0 bridgehead atoms. The van der Waals surface area contributed by atoms with Crippen LogP contribution >= 0.6 is 11.6 Å². The molecule has 4 aromatic rings. The number of anilines is 2.